The van der Waals surface area contributed by atoms with Crippen molar-refractivity contribution >= 4 is 11.5 Å². The van der Waals surface area contributed by atoms with E-state index in [1.54, 1.807) is 0 Å². The first-order valence-electron chi connectivity index (χ1n) is 7.55. The minimum atomic E-state index is 0.549. The fraction of sp³-hybridized carbons (Fsp3) is 0.389. The van der Waals surface area contributed by atoms with Crippen molar-refractivity contribution < 1.29 is 0 Å². The van der Waals surface area contributed by atoms with Crippen molar-refractivity contribution in [2.75, 3.05) is 11.9 Å². The first kappa shape index (κ1) is 15.5. The Morgan fingerprint density at radius 3 is 2.29 bits per heavy atom. The third kappa shape index (κ3) is 3.82. The number of nitrogens with zero attached hydrogens (tertiary/aromatic N) is 2. The Labute approximate surface area is 127 Å². The summed E-state index contributed by atoms with van der Waals surface area (Å²) in [6.45, 7) is 6.96. The van der Waals surface area contributed by atoms with E-state index in [1.807, 2.05) is 0 Å². The van der Waals surface area contributed by atoms with Gasteiger partial charge in [-0.25, -0.2) is 4.98 Å². The van der Waals surface area contributed by atoms with Gasteiger partial charge in [0, 0.05) is 25.0 Å². The van der Waals surface area contributed by atoms with E-state index < -0.39 is 0 Å². The number of anilines is 2. The largest absolute Gasteiger partial charge is 0.329 e. The summed E-state index contributed by atoms with van der Waals surface area (Å²) >= 11 is 0. The zero-order valence-corrected chi connectivity index (χ0v) is 13.5. The molecule has 1 aromatic carbocycles. The van der Waals surface area contributed by atoms with Crippen LogP contribution in [0.25, 0.3) is 0 Å². The Morgan fingerprint density at radius 1 is 1.05 bits per heavy atom. The topological polar surface area (TPSA) is 42.1 Å². The molecule has 21 heavy (non-hydrogen) atoms. The van der Waals surface area contributed by atoms with Gasteiger partial charge in [0.1, 0.15) is 5.82 Å². The van der Waals surface area contributed by atoms with Crippen LogP contribution in [0.1, 0.15) is 35.7 Å². The Kier molecular flexibility index (Phi) is 4.97. The summed E-state index contributed by atoms with van der Waals surface area (Å²) in [5.74, 6) is 0.964. The number of pyridine rings is 1. The van der Waals surface area contributed by atoms with Crippen LogP contribution in [0.5, 0.6) is 0 Å². The lowest BCUT2D eigenvalue weighted by molar-refractivity contribution is 0.870. The maximum absolute atomic E-state index is 5.82. The second-order valence-corrected chi connectivity index (χ2v) is 5.68. The highest BCUT2D eigenvalue weighted by Gasteiger charge is 2.09. The summed E-state index contributed by atoms with van der Waals surface area (Å²) in [6.07, 6.45) is 2.08. The van der Waals surface area contributed by atoms with Gasteiger partial charge in [0.2, 0.25) is 0 Å². The molecule has 0 fully saturated rings. The van der Waals surface area contributed by atoms with E-state index in [-0.39, 0.29) is 0 Å². The van der Waals surface area contributed by atoms with Gasteiger partial charge in [0.05, 0.1) is 0 Å². The minimum absolute atomic E-state index is 0.549. The van der Waals surface area contributed by atoms with Crippen molar-refractivity contribution in [2.24, 2.45) is 5.73 Å². The lowest BCUT2D eigenvalue weighted by Crippen LogP contribution is -2.14. The van der Waals surface area contributed by atoms with Crippen LogP contribution < -0.4 is 10.6 Å². The lowest BCUT2D eigenvalue weighted by atomic mass is 10.1. The molecule has 112 valence electrons. The molecule has 0 saturated heterocycles. The molecule has 0 aliphatic rings. The first-order chi connectivity index (χ1) is 10.0. The van der Waals surface area contributed by atoms with Crippen LogP contribution in [-0.4, -0.2) is 12.0 Å². The van der Waals surface area contributed by atoms with Crippen LogP contribution in [0.4, 0.5) is 11.5 Å². The van der Waals surface area contributed by atoms with Crippen molar-refractivity contribution in [3.63, 3.8) is 0 Å². The van der Waals surface area contributed by atoms with Gasteiger partial charge in [-0.05, 0) is 61.2 Å². The normalized spacial score (nSPS) is 10.7. The van der Waals surface area contributed by atoms with Crippen LogP contribution in [0.15, 0.2) is 30.3 Å². The van der Waals surface area contributed by atoms with Gasteiger partial charge >= 0.3 is 0 Å². The fourth-order valence-corrected chi connectivity index (χ4v) is 2.58. The molecule has 1 heterocycles. The van der Waals surface area contributed by atoms with Crippen LogP contribution in [0, 0.1) is 13.8 Å². The number of benzene rings is 1. The molecule has 1 aromatic heterocycles. The van der Waals surface area contributed by atoms with E-state index in [4.69, 9.17) is 10.7 Å². The Bertz CT molecular complexity index is 600. The standard InChI is InChI=1S/C18H25N3/c1-5-6-16-10-15(12-19)11-18(20-16)21(4)17-8-13(2)7-14(3)9-17/h7-11H,5-6,12,19H2,1-4H3. The summed E-state index contributed by atoms with van der Waals surface area (Å²) in [6, 6.07) is 10.7. The molecule has 0 amide bonds. The summed E-state index contributed by atoms with van der Waals surface area (Å²) in [5, 5.41) is 0. The SMILES string of the molecule is CCCc1cc(CN)cc(N(C)c2cc(C)cc(C)c2)n1. The molecule has 2 aromatic rings. The van der Waals surface area contributed by atoms with Gasteiger partial charge < -0.3 is 10.6 Å². The molecule has 2 rings (SSSR count). The first-order valence-corrected chi connectivity index (χ1v) is 7.55. The predicted octanol–water partition coefficient (Wildman–Crippen LogP) is 3.88. The molecule has 0 aliphatic heterocycles. The van der Waals surface area contributed by atoms with E-state index in [9.17, 15) is 0 Å². The smallest absolute Gasteiger partial charge is 0.133 e. The highest BCUT2D eigenvalue weighted by atomic mass is 15.2. The van der Waals surface area contributed by atoms with Gasteiger partial charge in [-0.15, -0.1) is 0 Å². The Balaban J connectivity index is 2.41. The predicted molar refractivity (Wildman–Crippen MR) is 90.1 cm³/mol. The van der Waals surface area contributed by atoms with Gasteiger partial charge in [-0.2, -0.15) is 0 Å². The highest BCUT2D eigenvalue weighted by Crippen LogP contribution is 2.25. The van der Waals surface area contributed by atoms with Crippen molar-refractivity contribution in [1.29, 1.82) is 0 Å². The van der Waals surface area contributed by atoms with E-state index >= 15 is 0 Å². The maximum atomic E-state index is 5.82. The van der Waals surface area contributed by atoms with Gasteiger partial charge in [0.25, 0.3) is 0 Å². The van der Waals surface area contributed by atoms with Gasteiger partial charge in [0.15, 0.2) is 0 Å². The molecular formula is C18H25N3. The quantitative estimate of drug-likeness (QED) is 0.905. The van der Waals surface area contributed by atoms with Crippen LogP contribution >= 0.6 is 0 Å². The summed E-state index contributed by atoms with van der Waals surface area (Å²) in [7, 11) is 2.06. The molecule has 0 unspecified atom stereocenters. The summed E-state index contributed by atoms with van der Waals surface area (Å²) < 4.78 is 0. The molecule has 2 N–H and O–H groups in total. The molecule has 0 aliphatic carbocycles. The molecule has 0 bridgehead atoms. The molecule has 0 spiro atoms. The zero-order valence-electron chi connectivity index (χ0n) is 13.5. The minimum Gasteiger partial charge on any atom is -0.329 e. The number of nitrogens with two attached hydrogens (primary N) is 1. The number of hydrogen-bond donors (Lipinski definition) is 1. The average molecular weight is 283 g/mol. The van der Waals surface area contributed by atoms with E-state index in [0.717, 1.165) is 35.6 Å². The monoisotopic (exact) mass is 283 g/mol. The molecule has 3 heteroatoms. The second-order valence-electron chi connectivity index (χ2n) is 5.68. The van der Waals surface area contributed by atoms with Gasteiger partial charge in [-0.3, -0.25) is 0 Å². The van der Waals surface area contributed by atoms with Crippen molar-refractivity contribution in [3.8, 4) is 0 Å². The molecule has 3 nitrogen and oxygen atoms in total. The van der Waals surface area contributed by atoms with Crippen LogP contribution in [0.3, 0.4) is 0 Å². The Hall–Kier alpha value is -1.87. The molecular weight excluding hydrogens is 258 g/mol. The number of hydrogen-bond acceptors (Lipinski definition) is 3. The van der Waals surface area contributed by atoms with E-state index in [1.165, 1.54) is 11.1 Å². The second kappa shape index (κ2) is 6.72. The van der Waals surface area contributed by atoms with Crippen LogP contribution in [0.2, 0.25) is 0 Å². The molecule has 0 radical (unpaired) electrons. The summed E-state index contributed by atoms with van der Waals surface area (Å²) in [5.41, 5.74) is 11.8. The van der Waals surface area contributed by atoms with E-state index in [0.29, 0.717) is 6.54 Å². The van der Waals surface area contributed by atoms with Gasteiger partial charge in [-0.1, -0.05) is 19.4 Å². The van der Waals surface area contributed by atoms with Crippen molar-refractivity contribution in [1.82, 2.24) is 4.98 Å². The van der Waals surface area contributed by atoms with Crippen LogP contribution in [-0.2, 0) is 13.0 Å². The number of aryl methyl sites for hydroxylation is 3. The van der Waals surface area contributed by atoms with Crippen molar-refractivity contribution in [2.45, 2.75) is 40.2 Å². The summed E-state index contributed by atoms with van der Waals surface area (Å²) in [4.78, 5) is 6.91. The molecule has 0 saturated carbocycles. The maximum Gasteiger partial charge on any atom is 0.133 e. The van der Waals surface area contributed by atoms with Crippen molar-refractivity contribution in [3.05, 3.63) is 52.7 Å². The highest BCUT2D eigenvalue weighted by molar-refractivity contribution is 5.61. The molecule has 0 atom stereocenters. The third-order valence-electron chi connectivity index (χ3n) is 3.60. The third-order valence-corrected chi connectivity index (χ3v) is 3.60. The zero-order chi connectivity index (χ0) is 15.4. The average Bonchev–Trinajstić information content (AvgIpc) is 2.45. The lowest BCUT2D eigenvalue weighted by Gasteiger charge is -2.21. The Morgan fingerprint density at radius 2 is 1.71 bits per heavy atom. The number of aromatic nitrogens is 1. The fourth-order valence-electron chi connectivity index (χ4n) is 2.58. The number of rotatable bonds is 5. The van der Waals surface area contributed by atoms with E-state index in [2.05, 4.69) is 63.1 Å².